The Bertz CT molecular complexity index is 611. The van der Waals surface area contributed by atoms with Crippen LogP contribution in [0.1, 0.15) is 11.3 Å². The van der Waals surface area contributed by atoms with Gasteiger partial charge in [0.25, 0.3) is 0 Å². The van der Waals surface area contributed by atoms with Gasteiger partial charge in [0.05, 0.1) is 11.3 Å². The number of benzene rings is 1. The molecule has 1 aromatic carbocycles. The van der Waals surface area contributed by atoms with Crippen molar-refractivity contribution in [2.75, 3.05) is 5.73 Å². The van der Waals surface area contributed by atoms with E-state index in [-0.39, 0.29) is 0 Å². The van der Waals surface area contributed by atoms with Crippen molar-refractivity contribution >= 4 is 5.69 Å². The zero-order valence-corrected chi connectivity index (χ0v) is 8.38. The molecule has 0 atom stereocenters. The number of rotatable bonds is 1. The highest BCUT2D eigenvalue weighted by molar-refractivity contribution is 5.59. The zero-order chi connectivity index (χ0) is 11.5. The quantitative estimate of drug-likeness (QED) is 0.726. The van der Waals surface area contributed by atoms with Crippen LogP contribution in [0.4, 0.5) is 5.69 Å². The highest BCUT2D eigenvalue weighted by atomic mass is 15.0. The molecular formula is C12H8N4. The van der Waals surface area contributed by atoms with Gasteiger partial charge >= 0.3 is 0 Å². The van der Waals surface area contributed by atoms with Gasteiger partial charge in [0.15, 0.2) is 0 Å². The summed E-state index contributed by atoms with van der Waals surface area (Å²) in [5.74, 6) is 0. The molecule has 0 aliphatic carbocycles. The summed E-state index contributed by atoms with van der Waals surface area (Å²) in [5.41, 5.74) is 7.87. The third-order valence-corrected chi connectivity index (χ3v) is 2.30. The number of nitrogen functional groups attached to an aromatic ring is 1. The standard InChI is InChI=1S/C12H8N4/c13-7-9-3-4-10(6-12(9)15)16-5-1-2-11(16)8-14/h1-6H,15H2. The number of nitrogens with two attached hydrogens (primary N) is 1. The maximum absolute atomic E-state index is 8.88. The zero-order valence-electron chi connectivity index (χ0n) is 8.38. The second kappa shape index (κ2) is 3.80. The molecule has 4 nitrogen and oxygen atoms in total. The van der Waals surface area contributed by atoms with Crippen molar-refractivity contribution in [3.8, 4) is 17.8 Å². The van der Waals surface area contributed by atoms with E-state index >= 15 is 0 Å². The molecule has 4 heteroatoms. The second-order valence-corrected chi connectivity index (χ2v) is 3.26. The van der Waals surface area contributed by atoms with Crippen molar-refractivity contribution in [1.29, 1.82) is 10.5 Å². The van der Waals surface area contributed by atoms with Crippen LogP contribution in [0.25, 0.3) is 5.69 Å². The normalized spacial score (nSPS) is 9.38. The van der Waals surface area contributed by atoms with E-state index in [1.165, 1.54) is 0 Å². The minimum Gasteiger partial charge on any atom is -0.398 e. The smallest absolute Gasteiger partial charge is 0.124 e. The Morgan fingerprint density at radius 2 is 1.94 bits per heavy atom. The van der Waals surface area contributed by atoms with E-state index in [9.17, 15) is 0 Å². The largest absolute Gasteiger partial charge is 0.398 e. The number of hydrogen-bond donors (Lipinski definition) is 1. The van der Waals surface area contributed by atoms with Gasteiger partial charge in [0, 0.05) is 11.9 Å². The van der Waals surface area contributed by atoms with Crippen LogP contribution in [0, 0.1) is 22.7 Å². The summed E-state index contributed by atoms with van der Waals surface area (Å²) in [6, 6.07) is 12.7. The molecule has 2 N–H and O–H groups in total. The van der Waals surface area contributed by atoms with Gasteiger partial charge in [-0.05, 0) is 30.3 Å². The molecule has 1 aromatic heterocycles. The van der Waals surface area contributed by atoms with Gasteiger partial charge in [-0.1, -0.05) is 0 Å². The lowest BCUT2D eigenvalue weighted by Gasteiger charge is -2.06. The molecule has 0 spiro atoms. The molecule has 16 heavy (non-hydrogen) atoms. The van der Waals surface area contributed by atoms with Crippen LogP contribution in [0.5, 0.6) is 0 Å². The van der Waals surface area contributed by atoms with Crippen molar-refractivity contribution < 1.29 is 0 Å². The summed E-state index contributed by atoms with van der Waals surface area (Å²) in [6.07, 6.45) is 1.78. The Kier molecular flexibility index (Phi) is 2.33. The molecule has 76 valence electrons. The summed E-state index contributed by atoms with van der Waals surface area (Å²) >= 11 is 0. The summed E-state index contributed by atoms with van der Waals surface area (Å²) in [6.45, 7) is 0. The minimum atomic E-state index is 0.414. The maximum atomic E-state index is 8.88. The second-order valence-electron chi connectivity index (χ2n) is 3.26. The fourth-order valence-electron chi connectivity index (χ4n) is 1.50. The van der Waals surface area contributed by atoms with Crippen molar-refractivity contribution in [3.63, 3.8) is 0 Å². The number of aromatic nitrogens is 1. The summed E-state index contributed by atoms with van der Waals surface area (Å²) in [4.78, 5) is 0. The predicted molar refractivity (Wildman–Crippen MR) is 59.6 cm³/mol. The van der Waals surface area contributed by atoms with Gasteiger partial charge in [-0.15, -0.1) is 0 Å². The third kappa shape index (κ3) is 1.49. The third-order valence-electron chi connectivity index (χ3n) is 2.30. The Morgan fingerprint density at radius 3 is 2.56 bits per heavy atom. The molecule has 0 saturated carbocycles. The van der Waals surface area contributed by atoms with E-state index in [1.807, 2.05) is 6.07 Å². The molecule has 0 fully saturated rings. The Labute approximate surface area is 92.8 Å². The highest BCUT2D eigenvalue weighted by Crippen LogP contribution is 2.18. The van der Waals surface area contributed by atoms with Gasteiger partial charge in [-0.2, -0.15) is 10.5 Å². The number of hydrogen-bond acceptors (Lipinski definition) is 3. The molecular weight excluding hydrogens is 200 g/mol. The average molecular weight is 208 g/mol. The van der Waals surface area contributed by atoms with Gasteiger partial charge in [0.2, 0.25) is 0 Å². The predicted octanol–water partition coefficient (Wildman–Crippen LogP) is 1.80. The first-order chi connectivity index (χ1) is 7.76. The van der Waals surface area contributed by atoms with Gasteiger partial charge in [0.1, 0.15) is 17.8 Å². The topological polar surface area (TPSA) is 78.5 Å². The lowest BCUT2D eigenvalue weighted by Crippen LogP contribution is -1.98. The van der Waals surface area contributed by atoms with E-state index < -0.39 is 0 Å². The molecule has 0 radical (unpaired) electrons. The van der Waals surface area contributed by atoms with Gasteiger partial charge in [-0.25, -0.2) is 0 Å². The summed E-state index contributed by atoms with van der Waals surface area (Å²) in [5, 5.41) is 17.6. The number of nitriles is 2. The van der Waals surface area contributed by atoms with Crippen LogP contribution in [-0.2, 0) is 0 Å². The monoisotopic (exact) mass is 208 g/mol. The van der Waals surface area contributed by atoms with Crippen molar-refractivity contribution in [3.05, 3.63) is 47.8 Å². The number of anilines is 1. The molecule has 2 rings (SSSR count). The Hall–Kier alpha value is -2.72. The van der Waals surface area contributed by atoms with Crippen molar-refractivity contribution in [2.45, 2.75) is 0 Å². The first kappa shape index (κ1) is 9.82. The molecule has 0 aliphatic heterocycles. The van der Waals surface area contributed by atoms with E-state index in [4.69, 9.17) is 16.3 Å². The van der Waals surface area contributed by atoms with Crippen LogP contribution >= 0.6 is 0 Å². The van der Waals surface area contributed by atoms with Gasteiger partial charge < -0.3 is 10.3 Å². The van der Waals surface area contributed by atoms with Crippen molar-refractivity contribution in [1.82, 2.24) is 4.57 Å². The van der Waals surface area contributed by atoms with Crippen molar-refractivity contribution in [2.24, 2.45) is 0 Å². The first-order valence-corrected chi connectivity index (χ1v) is 4.63. The SMILES string of the molecule is N#Cc1ccc(-n2cccc2C#N)cc1N. The maximum Gasteiger partial charge on any atom is 0.124 e. The lowest BCUT2D eigenvalue weighted by molar-refractivity contribution is 1.05. The van der Waals surface area contributed by atoms with E-state index in [2.05, 4.69) is 6.07 Å². The number of nitrogens with zero attached hydrogens (tertiary/aromatic N) is 3. The molecule has 0 unspecified atom stereocenters. The highest BCUT2D eigenvalue weighted by Gasteiger charge is 2.04. The summed E-state index contributed by atoms with van der Waals surface area (Å²) in [7, 11) is 0. The molecule has 0 aliphatic rings. The molecule has 0 saturated heterocycles. The fraction of sp³-hybridized carbons (Fsp3) is 0. The fourth-order valence-corrected chi connectivity index (χ4v) is 1.50. The Balaban J connectivity index is 2.56. The molecule has 0 amide bonds. The molecule has 1 heterocycles. The lowest BCUT2D eigenvalue weighted by atomic mass is 10.2. The molecule has 2 aromatic rings. The van der Waals surface area contributed by atoms with Crippen LogP contribution in [-0.4, -0.2) is 4.57 Å². The van der Waals surface area contributed by atoms with Gasteiger partial charge in [-0.3, -0.25) is 0 Å². The van der Waals surface area contributed by atoms with Crippen LogP contribution in [0.2, 0.25) is 0 Å². The van der Waals surface area contributed by atoms with Crippen LogP contribution in [0.3, 0.4) is 0 Å². The Morgan fingerprint density at radius 1 is 1.12 bits per heavy atom. The first-order valence-electron chi connectivity index (χ1n) is 4.63. The van der Waals surface area contributed by atoms with Crippen LogP contribution < -0.4 is 5.73 Å². The van der Waals surface area contributed by atoms with Crippen LogP contribution in [0.15, 0.2) is 36.5 Å². The minimum absolute atomic E-state index is 0.414. The van der Waals surface area contributed by atoms with E-state index in [1.54, 1.807) is 41.1 Å². The van der Waals surface area contributed by atoms with E-state index in [0.717, 1.165) is 5.69 Å². The summed E-state index contributed by atoms with van der Waals surface area (Å²) < 4.78 is 1.72. The molecule has 0 bridgehead atoms. The van der Waals surface area contributed by atoms with E-state index in [0.29, 0.717) is 16.9 Å². The average Bonchev–Trinajstić information content (AvgIpc) is 2.77.